The standard InChI is InChI=1S/C15H18N4O3/c1-11-7-18-12(8-17-11)14(21)22-9-13(20)19-15(10-16)5-3-2-4-6-15/h7-8H,2-6,9H2,1H3,(H,19,20). The lowest BCUT2D eigenvalue weighted by molar-refractivity contribution is -0.125. The lowest BCUT2D eigenvalue weighted by Gasteiger charge is -2.31. The lowest BCUT2D eigenvalue weighted by atomic mass is 9.83. The summed E-state index contributed by atoms with van der Waals surface area (Å²) in [7, 11) is 0. The summed E-state index contributed by atoms with van der Waals surface area (Å²) in [5, 5.41) is 12.0. The van der Waals surface area contributed by atoms with Crippen LogP contribution >= 0.6 is 0 Å². The first-order valence-electron chi connectivity index (χ1n) is 7.23. The molecule has 0 aromatic carbocycles. The van der Waals surface area contributed by atoms with Crippen molar-refractivity contribution in [1.29, 1.82) is 5.26 Å². The number of ether oxygens (including phenoxy) is 1. The quantitative estimate of drug-likeness (QED) is 0.840. The van der Waals surface area contributed by atoms with Gasteiger partial charge in [0.1, 0.15) is 5.54 Å². The van der Waals surface area contributed by atoms with Crippen molar-refractivity contribution in [2.45, 2.75) is 44.6 Å². The van der Waals surface area contributed by atoms with E-state index in [1.165, 1.54) is 12.4 Å². The Morgan fingerprint density at radius 1 is 1.32 bits per heavy atom. The van der Waals surface area contributed by atoms with E-state index in [-0.39, 0.29) is 5.69 Å². The summed E-state index contributed by atoms with van der Waals surface area (Å²) in [6.45, 7) is 1.32. The Hall–Kier alpha value is -2.49. The number of aromatic nitrogens is 2. The van der Waals surface area contributed by atoms with E-state index in [0.717, 1.165) is 19.3 Å². The molecular formula is C15H18N4O3. The second kappa shape index (κ2) is 6.98. The number of hydrogen-bond donors (Lipinski definition) is 1. The third-order valence-corrected chi connectivity index (χ3v) is 3.62. The Balaban J connectivity index is 1.86. The second-order valence-electron chi connectivity index (χ2n) is 5.42. The van der Waals surface area contributed by atoms with Gasteiger partial charge in [-0.25, -0.2) is 9.78 Å². The van der Waals surface area contributed by atoms with Crippen LogP contribution in [0.15, 0.2) is 12.4 Å². The fourth-order valence-corrected chi connectivity index (χ4v) is 2.43. The SMILES string of the molecule is Cc1cnc(C(=O)OCC(=O)NC2(C#N)CCCCC2)cn1. The molecule has 1 aliphatic carbocycles. The van der Waals surface area contributed by atoms with Crippen LogP contribution in [0.4, 0.5) is 0 Å². The molecule has 7 heteroatoms. The van der Waals surface area contributed by atoms with Gasteiger partial charge in [-0.3, -0.25) is 9.78 Å². The van der Waals surface area contributed by atoms with E-state index in [2.05, 4.69) is 21.4 Å². The summed E-state index contributed by atoms with van der Waals surface area (Å²) in [6.07, 6.45) is 6.90. The molecule has 0 radical (unpaired) electrons. The first-order valence-corrected chi connectivity index (χ1v) is 7.23. The van der Waals surface area contributed by atoms with Crippen molar-refractivity contribution in [3.05, 3.63) is 23.8 Å². The van der Waals surface area contributed by atoms with Crippen molar-refractivity contribution < 1.29 is 14.3 Å². The van der Waals surface area contributed by atoms with Crippen LogP contribution in [-0.2, 0) is 9.53 Å². The highest BCUT2D eigenvalue weighted by Crippen LogP contribution is 2.27. The number of aryl methyl sites for hydroxylation is 1. The number of nitrogens with zero attached hydrogens (tertiary/aromatic N) is 3. The molecule has 0 aliphatic heterocycles. The molecule has 22 heavy (non-hydrogen) atoms. The zero-order chi connectivity index (χ0) is 16.0. The number of esters is 1. The Morgan fingerprint density at radius 3 is 2.64 bits per heavy atom. The van der Waals surface area contributed by atoms with Gasteiger partial charge in [0, 0.05) is 6.20 Å². The van der Waals surface area contributed by atoms with E-state index in [1.807, 2.05) is 0 Å². The molecule has 0 spiro atoms. The van der Waals surface area contributed by atoms with Gasteiger partial charge in [0.05, 0.1) is 18.0 Å². The second-order valence-corrected chi connectivity index (χ2v) is 5.42. The predicted molar refractivity (Wildman–Crippen MR) is 76.6 cm³/mol. The third-order valence-electron chi connectivity index (χ3n) is 3.62. The molecule has 1 fully saturated rings. The van der Waals surface area contributed by atoms with Crippen molar-refractivity contribution in [2.75, 3.05) is 6.61 Å². The van der Waals surface area contributed by atoms with E-state index in [0.29, 0.717) is 18.5 Å². The summed E-state index contributed by atoms with van der Waals surface area (Å²) in [5.74, 6) is -1.19. The number of carbonyl (C=O) groups is 2. The molecule has 0 saturated heterocycles. The highest BCUT2D eigenvalue weighted by atomic mass is 16.5. The van der Waals surface area contributed by atoms with Crippen molar-refractivity contribution >= 4 is 11.9 Å². The molecule has 116 valence electrons. The number of amides is 1. The van der Waals surface area contributed by atoms with E-state index < -0.39 is 24.0 Å². The van der Waals surface area contributed by atoms with Gasteiger partial charge in [0.15, 0.2) is 12.3 Å². The minimum Gasteiger partial charge on any atom is -0.451 e. The maximum Gasteiger partial charge on any atom is 0.359 e. The summed E-state index contributed by atoms with van der Waals surface area (Å²) < 4.78 is 4.90. The Labute approximate surface area is 128 Å². The van der Waals surface area contributed by atoms with Crippen LogP contribution in [-0.4, -0.2) is 34.0 Å². The molecule has 0 atom stereocenters. The maximum atomic E-state index is 11.9. The first-order chi connectivity index (χ1) is 10.5. The highest BCUT2D eigenvalue weighted by molar-refractivity contribution is 5.89. The predicted octanol–water partition coefficient (Wildman–Crippen LogP) is 1.28. The van der Waals surface area contributed by atoms with Gasteiger partial charge in [-0.05, 0) is 19.8 Å². The van der Waals surface area contributed by atoms with Crippen molar-refractivity contribution in [1.82, 2.24) is 15.3 Å². The van der Waals surface area contributed by atoms with E-state index >= 15 is 0 Å². The zero-order valence-electron chi connectivity index (χ0n) is 12.5. The lowest BCUT2D eigenvalue weighted by Crippen LogP contribution is -2.50. The smallest absolute Gasteiger partial charge is 0.359 e. The molecule has 1 N–H and O–H groups in total. The molecule has 0 bridgehead atoms. The monoisotopic (exact) mass is 302 g/mol. The Morgan fingerprint density at radius 2 is 2.05 bits per heavy atom. The van der Waals surface area contributed by atoms with Crippen LogP contribution in [0.25, 0.3) is 0 Å². The normalized spacial score (nSPS) is 16.4. The van der Waals surface area contributed by atoms with Crippen LogP contribution in [0.3, 0.4) is 0 Å². The third kappa shape index (κ3) is 4.01. The molecule has 1 saturated carbocycles. The number of nitriles is 1. The Kier molecular flexibility index (Phi) is 5.04. The molecular weight excluding hydrogens is 284 g/mol. The van der Waals surface area contributed by atoms with Gasteiger partial charge in [0.25, 0.3) is 5.91 Å². The fraction of sp³-hybridized carbons (Fsp3) is 0.533. The van der Waals surface area contributed by atoms with Gasteiger partial charge < -0.3 is 10.1 Å². The van der Waals surface area contributed by atoms with Gasteiger partial charge in [-0.1, -0.05) is 19.3 Å². The zero-order valence-corrected chi connectivity index (χ0v) is 12.5. The molecule has 1 heterocycles. The van der Waals surface area contributed by atoms with Crippen molar-refractivity contribution in [2.24, 2.45) is 0 Å². The van der Waals surface area contributed by atoms with E-state index in [1.54, 1.807) is 6.92 Å². The minimum atomic E-state index is -0.828. The van der Waals surface area contributed by atoms with Gasteiger partial charge >= 0.3 is 5.97 Å². The van der Waals surface area contributed by atoms with E-state index in [9.17, 15) is 14.9 Å². The van der Waals surface area contributed by atoms with Crippen molar-refractivity contribution in [3.63, 3.8) is 0 Å². The number of nitrogens with one attached hydrogen (secondary N) is 1. The van der Waals surface area contributed by atoms with Crippen molar-refractivity contribution in [3.8, 4) is 6.07 Å². The average molecular weight is 302 g/mol. The van der Waals surface area contributed by atoms with Crippen LogP contribution in [0.1, 0.15) is 48.3 Å². The molecule has 7 nitrogen and oxygen atoms in total. The summed E-state index contributed by atoms with van der Waals surface area (Å²) >= 11 is 0. The average Bonchev–Trinajstić information content (AvgIpc) is 2.54. The summed E-state index contributed by atoms with van der Waals surface area (Å²) in [4.78, 5) is 31.4. The summed E-state index contributed by atoms with van der Waals surface area (Å²) in [6, 6.07) is 2.18. The molecule has 1 aliphatic rings. The molecule has 1 aromatic rings. The number of hydrogen-bond acceptors (Lipinski definition) is 6. The highest BCUT2D eigenvalue weighted by Gasteiger charge is 2.33. The van der Waals surface area contributed by atoms with Gasteiger partial charge in [-0.15, -0.1) is 0 Å². The molecule has 2 rings (SSSR count). The largest absolute Gasteiger partial charge is 0.451 e. The van der Waals surface area contributed by atoms with Gasteiger partial charge in [-0.2, -0.15) is 5.26 Å². The van der Waals surface area contributed by atoms with Crippen LogP contribution in [0.5, 0.6) is 0 Å². The van der Waals surface area contributed by atoms with Gasteiger partial charge in [0.2, 0.25) is 0 Å². The maximum absolute atomic E-state index is 11.9. The minimum absolute atomic E-state index is 0.0473. The summed E-state index contributed by atoms with van der Waals surface area (Å²) in [5.41, 5.74) is -0.0978. The number of rotatable bonds is 4. The first kappa shape index (κ1) is 15.9. The topological polar surface area (TPSA) is 105 Å². The van der Waals surface area contributed by atoms with E-state index in [4.69, 9.17) is 4.74 Å². The fourth-order valence-electron chi connectivity index (χ4n) is 2.43. The van der Waals surface area contributed by atoms with Crippen LogP contribution in [0.2, 0.25) is 0 Å². The van der Waals surface area contributed by atoms with Crippen LogP contribution in [0, 0.1) is 18.3 Å². The Bertz CT molecular complexity index is 586. The molecule has 1 amide bonds. The van der Waals surface area contributed by atoms with Crippen LogP contribution < -0.4 is 5.32 Å². The molecule has 1 aromatic heterocycles. The molecule has 0 unspecified atom stereocenters. The number of carbonyl (C=O) groups excluding carboxylic acids is 2.